The van der Waals surface area contributed by atoms with Gasteiger partial charge in [0.2, 0.25) is 5.91 Å². The number of hydrogen-bond donors (Lipinski definition) is 1. The number of carbonyl (C=O) groups excluding carboxylic acids is 1. The summed E-state index contributed by atoms with van der Waals surface area (Å²) in [5.74, 6) is 1.88. The first-order valence-electron chi connectivity index (χ1n) is 8.30. The maximum absolute atomic E-state index is 11.8. The molecule has 1 saturated carbocycles. The van der Waals surface area contributed by atoms with Crippen LogP contribution >= 0.6 is 23.4 Å². The van der Waals surface area contributed by atoms with Crippen molar-refractivity contribution in [1.82, 2.24) is 20.1 Å². The zero-order valence-corrected chi connectivity index (χ0v) is 15.9. The van der Waals surface area contributed by atoms with Crippen LogP contribution in [0.2, 0.25) is 5.02 Å². The summed E-state index contributed by atoms with van der Waals surface area (Å²) in [4.78, 5) is 11.8. The van der Waals surface area contributed by atoms with E-state index in [0.717, 1.165) is 41.7 Å². The molecule has 0 saturated heterocycles. The Hall–Kier alpha value is -1.73. The standard InChI is InChI=1S/C17H21ClN4O2S/c1-3-22-15(9-24-13-6-7-14(18)11(2)8-13)20-21-17(22)25-10-16(23)19-12-4-5-12/h6-8,12H,3-5,9-10H2,1-2H3,(H,19,23). The second-order valence-electron chi connectivity index (χ2n) is 5.97. The van der Waals surface area contributed by atoms with E-state index in [-0.39, 0.29) is 5.91 Å². The van der Waals surface area contributed by atoms with E-state index in [2.05, 4.69) is 15.5 Å². The predicted octanol–water partition coefficient (Wildman–Crippen LogP) is 3.21. The fraction of sp³-hybridized carbons (Fsp3) is 0.471. The number of carbonyl (C=O) groups is 1. The van der Waals surface area contributed by atoms with E-state index in [9.17, 15) is 4.79 Å². The van der Waals surface area contributed by atoms with E-state index < -0.39 is 0 Å². The number of nitrogens with zero attached hydrogens (tertiary/aromatic N) is 3. The first-order valence-corrected chi connectivity index (χ1v) is 9.66. The normalized spacial score (nSPS) is 13.7. The Bertz CT molecular complexity index is 761. The van der Waals surface area contributed by atoms with Crippen molar-refractivity contribution in [2.45, 2.75) is 51.0 Å². The molecular formula is C17H21ClN4O2S. The molecule has 1 fully saturated rings. The summed E-state index contributed by atoms with van der Waals surface area (Å²) in [5.41, 5.74) is 0.967. The number of halogens is 1. The van der Waals surface area contributed by atoms with E-state index in [0.29, 0.717) is 23.4 Å². The van der Waals surface area contributed by atoms with Crippen LogP contribution in [-0.4, -0.2) is 32.5 Å². The first kappa shape index (κ1) is 18.1. The van der Waals surface area contributed by atoms with Gasteiger partial charge >= 0.3 is 0 Å². The van der Waals surface area contributed by atoms with Crippen LogP contribution in [0.4, 0.5) is 0 Å². The van der Waals surface area contributed by atoms with Crippen LogP contribution in [0.25, 0.3) is 0 Å². The molecule has 0 unspecified atom stereocenters. The van der Waals surface area contributed by atoms with Gasteiger partial charge in [-0.1, -0.05) is 23.4 Å². The number of thioether (sulfide) groups is 1. The summed E-state index contributed by atoms with van der Waals surface area (Å²) in [5, 5.41) is 12.8. The van der Waals surface area contributed by atoms with Gasteiger partial charge in [-0.2, -0.15) is 0 Å². The van der Waals surface area contributed by atoms with Crippen molar-refractivity contribution in [2.24, 2.45) is 0 Å². The molecule has 0 radical (unpaired) electrons. The van der Waals surface area contributed by atoms with Crippen LogP contribution in [-0.2, 0) is 17.9 Å². The van der Waals surface area contributed by atoms with Crippen LogP contribution in [0.5, 0.6) is 5.75 Å². The maximum atomic E-state index is 11.8. The maximum Gasteiger partial charge on any atom is 0.230 e. The Morgan fingerprint density at radius 2 is 2.24 bits per heavy atom. The number of benzene rings is 1. The van der Waals surface area contributed by atoms with Gasteiger partial charge in [0.25, 0.3) is 0 Å². The lowest BCUT2D eigenvalue weighted by molar-refractivity contribution is -0.118. The molecule has 134 valence electrons. The SMILES string of the molecule is CCn1c(COc2ccc(Cl)c(C)c2)nnc1SCC(=O)NC1CC1. The zero-order chi connectivity index (χ0) is 17.8. The fourth-order valence-corrected chi connectivity index (χ4v) is 3.28. The molecule has 1 aliphatic carbocycles. The van der Waals surface area contributed by atoms with Gasteiger partial charge in [0.1, 0.15) is 12.4 Å². The van der Waals surface area contributed by atoms with Gasteiger partial charge in [0, 0.05) is 17.6 Å². The molecule has 25 heavy (non-hydrogen) atoms. The van der Waals surface area contributed by atoms with Crippen LogP contribution in [0.3, 0.4) is 0 Å². The van der Waals surface area contributed by atoms with E-state index in [1.54, 1.807) is 0 Å². The quantitative estimate of drug-likeness (QED) is 0.712. The lowest BCUT2D eigenvalue weighted by atomic mass is 10.2. The number of nitrogens with one attached hydrogen (secondary N) is 1. The third-order valence-electron chi connectivity index (χ3n) is 3.88. The highest BCUT2D eigenvalue weighted by Gasteiger charge is 2.23. The Morgan fingerprint density at radius 1 is 1.44 bits per heavy atom. The van der Waals surface area contributed by atoms with E-state index in [1.807, 2.05) is 36.6 Å². The average Bonchev–Trinajstić information content (AvgIpc) is 3.31. The number of aromatic nitrogens is 3. The highest BCUT2D eigenvalue weighted by Crippen LogP contribution is 2.23. The van der Waals surface area contributed by atoms with Gasteiger partial charge < -0.3 is 14.6 Å². The summed E-state index contributed by atoms with van der Waals surface area (Å²) < 4.78 is 7.77. The minimum atomic E-state index is 0.0487. The monoisotopic (exact) mass is 380 g/mol. The highest BCUT2D eigenvalue weighted by atomic mass is 35.5. The van der Waals surface area contributed by atoms with Gasteiger partial charge in [-0.05, 0) is 50.5 Å². The second kappa shape index (κ2) is 8.10. The third kappa shape index (κ3) is 4.89. The third-order valence-corrected chi connectivity index (χ3v) is 5.27. The largest absolute Gasteiger partial charge is 0.486 e. The molecule has 3 rings (SSSR count). The summed E-state index contributed by atoms with van der Waals surface area (Å²) in [6.07, 6.45) is 2.18. The zero-order valence-electron chi connectivity index (χ0n) is 14.3. The molecule has 6 nitrogen and oxygen atoms in total. The van der Waals surface area contributed by atoms with E-state index in [4.69, 9.17) is 16.3 Å². The molecule has 0 aliphatic heterocycles. The Kier molecular flexibility index (Phi) is 5.86. The molecule has 1 amide bonds. The van der Waals surface area contributed by atoms with Gasteiger partial charge in [0.05, 0.1) is 5.75 Å². The molecule has 8 heteroatoms. The summed E-state index contributed by atoms with van der Waals surface area (Å²) >= 11 is 7.43. The molecular weight excluding hydrogens is 360 g/mol. The number of rotatable bonds is 8. The van der Waals surface area contributed by atoms with Gasteiger partial charge in [0.15, 0.2) is 11.0 Å². The second-order valence-corrected chi connectivity index (χ2v) is 7.32. The topological polar surface area (TPSA) is 69.0 Å². The van der Waals surface area contributed by atoms with E-state index >= 15 is 0 Å². The molecule has 1 N–H and O–H groups in total. The van der Waals surface area contributed by atoms with Gasteiger partial charge in [-0.3, -0.25) is 4.79 Å². The van der Waals surface area contributed by atoms with Crippen molar-refractivity contribution in [1.29, 1.82) is 0 Å². The number of aryl methyl sites for hydroxylation is 1. The molecule has 1 aromatic carbocycles. The molecule has 2 aromatic rings. The van der Waals surface area contributed by atoms with Gasteiger partial charge in [-0.25, -0.2) is 0 Å². The molecule has 0 spiro atoms. The molecule has 0 atom stereocenters. The van der Waals surface area contributed by atoms with Crippen molar-refractivity contribution in [3.8, 4) is 5.75 Å². The van der Waals surface area contributed by atoms with Crippen molar-refractivity contribution in [3.63, 3.8) is 0 Å². The van der Waals surface area contributed by atoms with Crippen molar-refractivity contribution >= 4 is 29.3 Å². The van der Waals surface area contributed by atoms with Crippen molar-refractivity contribution in [2.75, 3.05) is 5.75 Å². The van der Waals surface area contributed by atoms with Crippen LogP contribution in [0, 0.1) is 6.92 Å². The molecule has 1 aromatic heterocycles. The molecule has 1 heterocycles. The average molecular weight is 381 g/mol. The lowest BCUT2D eigenvalue weighted by Gasteiger charge is -2.09. The number of hydrogen-bond acceptors (Lipinski definition) is 5. The Morgan fingerprint density at radius 3 is 2.92 bits per heavy atom. The van der Waals surface area contributed by atoms with Crippen LogP contribution < -0.4 is 10.1 Å². The smallest absolute Gasteiger partial charge is 0.230 e. The summed E-state index contributed by atoms with van der Waals surface area (Å²) in [7, 11) is 0. The Labute approximate surface area is 156 Å². The van der Waals surface area contributed by atoms with Crippen molar-refractivity contribution < 1.29 is 9.53 Å². The van der Waals surface area contributed by atoms with E-state index in [1.165, 1.54) is 11.8 Å². The van der Waals surface area contributed by atoms with Crippen LogP contribution in [0.15, 0.2) is 23.4 Å². The van der Waals surface area contributed by atoms with Crippen molar-refractivity contribution in [3.05, 3.63) is 34.6 Å². The minimum absolute atomic E-state index is 0.0487. The highest BCUT2D eigenvalue weighted by molar-refractivity contribution is 7.99. The Balaban J connectivity index is 1.58. The molecule has 1 aliphatic rings. The van der Waals surface area contributed by atoms with Gasteiger partial charge in [-0.15, -0.1) is 10.2 Å². The minimum Gasteiger partial charge on any atom is -0.486 e. The number of amides is 1. The summed E-state index contributed by atoms with van der Waals surface area (Å²) in [6, 6.07) is 5.92. The van der Waals surface area contributed by atoms with Crippen LogP contribution in [0.1, 0.15) is 31.2 Å². The lowest BCUT2D eigenvalue weighted by Crippen LogP contribution is -2.27. The summed E-state index contributed by atoms with van der Waals surface area (Å²) in [6.45, 7) is 4.99. The number of ether oxygens (including phenoxy) is 1. The first-order chi connectivity index (χ1) is 12.1. The molecule has 0 bridgehead atoms. The predicted molar refractivity (Wildman–Crippen MR) is 98.1 cm³/mol. The fourth-order valence-electron chi connectivity index (χ4n) is 2.33.